The summed E-state index contributed by atoms with van der Waals surface area (Å²) >= 11 is 17.9. The number of halogens is 3. The van der Waals surface area contributed by atoms with Crippen molar-refractivity contribution >= 4 is 52.2 Å². The zero-order chi connectivity index (χ0) is 17.3. The Bertz CT molecular complexity index is 855. The number of hydrogen-bond acceptors (Lipinski definition) is 6. The summed E-state index contributed by atoms with van der Waals surface area (Å²) in [5.41, 5.74) is 3.76. The number of aromatic carboxylic acids is 1. The van der Waals surface area contributed by atoms with Crippen molar-refractivity contribution in [1.29, 1.82) is 0 Å². The summed E-state index contributed by atoms with van der Waals surface area (Å²) in [5.74, 6) is -0.852. The van der Waals surface area contributed by atoms with Crippen molar-refractivity contribution in [2.45, 2.75) is 6.42 Å². The molecule has 1 aromatic carbocycles. The zero-order valence-electron chi connectivity index (χ0n) is 12.0. The highest BCUT2D eigenvalue weighted by atomic mass is 35.5. The van der Waals surface area contributed by atoms with Gasteiger partial charge in [-0.15, -0.1) is 0 Å². The van der Waals surface area contributed by atoms with Crippen LogP contribution in [0.25, 0.3) is 0 Å². The van der Waals surface area contributed by atoms with Gasteiger partial charge in [-0.1, -0.05) is 46.9 Å². The fraction of sp³-hybridized carbons (Fsp3) is 0.133. The third-order valence-electron chi connectivity index (χ3n) is 3.33. The average Bonchev–Trinajstić information content (AvgIpc) is 2.58. The van der Waals surface area contributed by atoms with Gasteiger partial charge in [0.25, 0.3) is 0 Å². The molecular weight excluding hydrogens is 377 g/mol. The Morgan fingerprint density at radius 3 is 2.75 bits per heavy atom. The summed E-state index contributed by atoms with van der Waals surface area (Å²) in [5, 5.41) is 14.9. The van der Waals surface area contributed by atoms with Gasteiger partial charge >= 0.3 is 0 Å². The van der Waals surface area contributed by atoms with Gasteiger partial charge in [0.15, 0.2) is 5.15 Å². The molecule has 9 heteroatoms. The summed E-state index contributed by atoms with van der Waals surface area (Å²) < 4.78 is 5.55. The highest BCUT2D eigenvalue weighted by molar-refractivity contribution is 6.46. The first-order valence-electron chi connectivity index (χ1n) is 6.79. The molecular formula is C15H9Cl3N3O3-. The minimum atomic E-state index is -1.56. The fourth-order valence-corrected chi connectivity index (χ4v) is 2.87. The Hall–Kier alpha value is -2.02. The standard InChI is InChI=1S/C15H10Cl3N3O3/c16-10-12(11(17)14(18)19-13(10)15(22)23)21-20-8-5-6-24-9-4-2-1-3-7(8)9/h1-4H,5-6H2,(H,19,21)(H,22,23)/p-1. The van der Waals surface area contributed by atoms with Gasteiger partial charge in [0, 0.05) is 12.0 Å². The van der Waals surface area contributed by atoms with E-state index in [0.717, 1.165) is 5.56 Å². The first kappa shape index (κ1) is 16.8. The number of nitrogens with zero attached hydrogens (tertiary/aromatic N) is 2. The predicted molar refractivity (Wildman–Crippen MR) is 90.3 cm³/mol. The maximum absolute atomic E-state index is 11.1. The number of carboxylic acids is 1. The van der Waals surface area contributed by atoms with Crippen LogP contribution >= 0.6 is 34.8 Å². The van der Waals surface area contributed by atoms with E-state index in [1.807, 2.05) is 24.3 Å². The van der Waals surface area contributed by atoms with Crippen molar-refractivity contribution in [3.8, 4) is 5.75 Å². The van der Waals surface area contributed by atoms with Crippen molar-refractivity contribution in [2.75, 3.05) is 12.0 Å². The van der Waals surface area contributed by atoms with Crippen molar-refractivity contribution in [2.24, 2.45) is 5.10 Å². The summed E-state index contributed by atoms with van der Waals surface area (Å²) in [7, 11) is 0. The van der Waals surface area contributed by atoms with Gasteiger partial charge in [0.1, 0.15) is 16.5 Å². The first-order chi connectivity index (χ1) is 11.5. The number of pyridine rings is 1. The lowest BCUT2D eigenvalue weighted by atomic mass is 10.0. The molecule has 0 radical (unpaired) electrons. The molecule has 2 aromatic rings. The summed E-state index contributed by atoms with van der Waals surface area (Å²) in [6, 6.07) is 7.42. The third kappa shape index (κ3) is 3.13. The number of para-hydroxylation sites is 1. The highest BCUT2D eigenvalue weighted by Gasteiger charge is 2.19. The molecule has 24 heavy (non-hydrogen) atoms. The van der Waals surface area contributed by atoms with E-state index in [1.165, 1.54) is 0 Å². The monoisotopic (exact) mass is 384 g/mol. The lowest BCUT2D eigenvalue weighted by Crippen LogP contribution is -2.24. The number of benzene rings is 1. The van der Waals surface area contributed by atoms with Crippen LogP contribution in [0, 0.1) is 0 Å². The van der Waals surface area contributed by atoms with Crippen molar-refractivity contribution in [3.63, 3.8) is 0 Å². The lowest BCUT2D eigenvalue weighted by Gasteiger charge is -2.19. The summed E-state index contributed by atoms with van der Waals surface area (Å²) in [6.45, 7) is 0.473. The maximum Gasteiger partial charge on any atom is 0.150 e. The Morgan fingerprint density at radius 2 is 2.00 bits per heavy atom. The molecule has 2 heterocycles. The predicted octanol–water partition coefficient (Wildman–Crippen LogP) is 3.00. The molecule has 0 aliphatic carbocycles. The number of hydrazone groups is 1. The number of hydrogen-bond donors (Lipinski definition) is 1. The van der Waals surface area contributed by atoms with Crippen LogP contribution in [0.5, 0.6) is 5.75 Å². The second-order valence-electron chi connectivity index (χ2n) is 4.81. The Kier molecular flexibility index (Phi) is 4.80. The van der Waals surface area contributed by atoms with Gasteiger partial charge in [-0.2, -0.15) is 5.10 Å². The molecule has 0 spiro atoms. The van der Waals surface area contributed by atoms with Gasteiger partial charge in [-0.3, -0.25) is 5.43 Å². The Morgan fingerprint density at radius 1 is 1.25 bits per heavy atom. The quantitative estimate of drug-likeness (QED) is 0.648. The second kappa shape index (κ2) is 6.84. The van der Waals surface area contributed by atoms with Crippen LogP contribution in [-0.4, -0.2) is 23.3 Å². The lowest BCUT2D eigenvalue weighted by molar-refractivity contribution is -0.255. The molecule has 124 valence electrons. The number of carbonyl (C=O) groups is 1. The zero-order valence-corrected chi connectivity index (χ0v) is 14.2. The van der Waals surface area contributed by atoms with E-state index in [2.05, 4.69) is 15.5 Å². The van der Waals surface area contributed by atoms with Crippen LogP contribution in [0.4, 0.5) is 5.69 Å². The van der Waals surface area contributed by atoms with E-state index in [-0.39, 0.29) is 20.9 Å². The number of carboxylic acid groups (broad SMARTS) is 1. The molecule has 0 unspecified atom stereocenters. The average molecular weight is 386 g/mol. The number of carbonyl (C=O) groups excluding carboxylic acids is 1. The van der Waals surface area contributed by atoms with Crippen LogP contribution in [0.1, 0.15) is 22.5 Å². The molecule has 1 N–H and O–H groups in total. The van der Waals surface area contributed by atoms with Gasteiger partial charge < -0.3 is 14.6 Å². The second-order valence-corrected chi connectivity index (χ2v) is 5.92. The first-order valence-corrected chi connectivity index (χ1v) is 7.93. The fourth-order valence-electron chi connectivity index (χ4n) is 2.21. The van der Waals surface area contributed by atoms with Crippen molar-refractivity contribution < 1.29 is 14.6 Å². The maximum atomic E-state index is 11.1. The molecule has 0 amide bonds. The molecule has 0 fully saturated rings. The molecule has 3 rings (SSSR count). The van der Waals surface area contributed by atoms with E-state index in [0.29, 0.717) is 24.5 Å². The van der Waals surface area contributed by atoms with Crippen LogP contribution in [0.2, 0.25) is 15.2 Å². The minimum Gasteiger partial charge on any atom is -0.543 e. The Balaban J connectivity index is 2.00. The largest absolute Gasteiger partial charge is 0.543 e. The van der Waals surface area contributed by atoms with E-state index in [1.54, 1.807) is 0 Å². The van der Waals surface area contributed by atoms with E-state index >= 15 is 0 Å². The number of aromatic nitrogens is 1. The van der Waals surface area contributed by atoms with Crippen LogP contribution < -0.4 is 15.3 Å². The van der Waals surface area contributed by atoms with Crippen LogP contribution in [-0.2, 0) is 0 Å². The SMILES string of the molecule is O=C([O-])c1nc(Cl)c(Cl)c(NN=C2CCOc3ccccc32)c1Cl. The van der Waals surface area contributed by atoms with E-state index < -0.39 is 11.7 Å². The molecule has 6 nitrogen and oxygen atoms in total. The van der Waals surface area contributed by atoms with Gasteiger partial charge in [-0.25, -0.2) is 4.98 Å². The van der Waals surface area contributed by atoms with Crippen LogP contribution in [0.3, 0.4) is 0 Å². The molecule has 0 saturated carbocycles. The molecule has 0 atom stereocenters. The molecule has 1 aliphatic heterocycles. The third-order valence-corrected chi connectivity index (χ3v) is 4.43. The van der Waals surface area contributed by atoms with E-state index in [4.69, 9.17) is 39.5 Å². The topological polar surface area (TPSA) is 86.6 Å². The minimum absolute atomic E-state index is 0.0311. The van der Waals surface area contributed by atoms with Crippen molar-refractivity contribution in [3.05, 3.63) is 50.7 Å². The van der Waals surface area contributed by atoms with Gasteiger partial charge in [0.05, 0.1) is 29.0 Å². The summed E-state index contributed by atoms with van der Waals surface area (Å²) in [4.78, 5) is 14.7. The number of ether oxygens (including phenoxy) is 1. The number of anilines is 1. The normalized spacial score (nSPS) is 14.9. The smallest absolute Gasteiger partial charge is 0.150 e. The molecule has 0 bridgehead atoms. The number of nitrogens with one attached hydrogen (secondary N) is 1. The molecule has 1 aliphatic rings. The van der Waals surface area contributed by atoms with E-state index in [9.17, 15) is 9.90 Å². The van der Waals surface area contributed by atoms with Gasteiger partial charge in [0.2, 0.25) is 0 Å². The highest BCUT2D eigenvalue weighted by Crippen LogP contribution is 2.37. The summed E-state index contributed by atoms with van der Waals surface area (Å²) in [6.07, 6.45) is 0.561. The van der Waals surface area contributed by atoms with Crippen LogP contribution in [0.15, 0.2) is 29.4 Å². The van der Waals surface area contributed by atoms with Crippen molar-refractivity contribution in [1.82, 2.24) is 4.98 Å². The van der Waals surface area contributed by atoms with Gasteiger partial charge in [-0.05, 0) is 12.1 Å². The number of rotatable bonds is 3. The number of fused-ring (bicyclic) bond motifs is 1. The Labute approximate surface area is 152 Å². The molecule has 0 saturated heterocycles. The molecule has 1 aromatic heterocycles.